The number of amides is 1. The molecule has 1 aromatic carbocycles. The van der Waals surface area contributed by atoms with E-state index in [2.05, 4.69) is 15.6 Å². The first kappa shape index (κ1) is 21.3. The fraction of sp³-hybridized carbons (Fsp3) is 0.474. The van der Waals surface area contributed by atoms with Crippen LogP contribution < -0.4 is 16.4 Å². The summed E-state index contributed by atoms with van der Waals surface area (Å²) in [6, 6.07) is 5.63. The largest absolute Gasteiger partial charge is 0.382 e. The highest BCUT2D eigenvalue weighted by Crippen LogP contribution is 2.24. The van der Waals surface area contributed by atoms with Crippen molar-refractivity contribution in [1.29, 1.82) is 0 Å². The van der Waals surface area contributed by atoms with Gasteiger partial charge in [0, 0.05) is 29.2 Å². The van der Waals surface area contributed by atoms with Gasteiger partial charge in [-0.15, -0.1) is 11.3 Å². The summed E-state index contributed by atoms with van der Waals surface area (Å²) in [6.45, 7) is 9.21. The highest BCUT2D eigenvalue weighted by Gasteiger charge is 2.14. The molecule has 0 aliphatic heterocycles. The molecule has 4 N–H and O–H groups in total. The topological polar surface area (TPSA) is 98.5 Å². The highest BCUT2D eigenvalue weighted by atomic mass is 32.1. The first-order chi connectivity index (χ1) is 13.0. The SMILES string of the molecule is Cc1nc(NC(=O)c2cccc(NCCOCCOCCN)c2C)sc1C. The maximum absolute atomic E-state index is 12.6. The average molecular weight is 393 g/mol. The minimum atomic E-state index is -0.154. The first-order valence-corrected chi connectivity index (χ1v) is 9.79. The third-order valence-corrected chi connectivity index (χ3v) is 5.01. The summed E-state index contributed by atoms with van der Waals surface area (Å²) < 4.78 is 10.7. The minimum absolute atomic E-state index is 0.154. The van der Waals surface area contributed by atoms with Gasteiger partial charge in [-0.3, -0.25) is 10.1 Å². The van der Waals surface area contributed by atoms with Crippen LogP contribution in [0.4, 0.5) is 10.8 Å². The van der Waals surface area contributed by atoms with Gasteiger partial charge in [-0.05, 0) is 38.5 Å². The zero-order chi connectivity index (χ0) is 19.6. The van der Waals surface area contributed by atoms with E-state index in [1.165, 1.54) is 11.3 Å². The second-order valence-corrected chi connectivity index (χ2v) is 7.24. The van der Waals surface area contributed by atoms with Gasteiger partial charge in [0.1, 0.15) is 0 Å². The number of aromatic nitrogens is 1. The molecule has 0 saturated heterocycles. The van der Waals surface area contributed by atoms with Crippen molar-refractivity contribution in [2.75, 3.05) is 50.2 Å². The molecule has 1 heterocycles. The highest BCUT2D eigenvalue weighted by molar-refractivity contribution is 7.15. The van der Waals surface area contributed by atoms with Crippen molar-refractivity contribution < 1.29 is 14.3 Å². The number of aryl methyl sites for hydroxylation is 2. The zero-order valence-corrected chi connectivity index (χ0v) is 16.9. The van der Waals surface area contributed by atoms with Crippen LogP contribution >= 0.6 is 11.3 Å². The molecule has 8 heteroatoms. The lowest BCUT2D eigenvalue weighted by molar-refractivity contribution is 0.0548. The van der Waals surface area contributed by atoms with Gasteiger partial charge < -0.3 is 20.5 Å². The Labute approximate surface area is 164 Å². The van der Waals surface area contributed by atoms with Crippen LogP contribution in [0.2, 0.25) is 0 Å². The molecule has 7 nitrogen and oxygen atoms in total. The molecule has 0 fully saturated rings. The van der Waals surface area contributed by atoms with Crippen LogP contribution in [0, 0.1) is 20.8 Å². The third-order valence-electron chi connectivity index (χ3n) is 4.02. The van der Waals surface area contributed by atoms with E-state index < -0.39 is 0 Å². The van der Waals surface area contributed by atoms with Crippen molar-refractivity contribution in [2.45, 2.75) is 20.8 Å². The number of benzene rings is 1. The number of thiazole rings is 1. The Kier molecular flexibility index (Phi) is 8.66. The van der Waals surface area contributed by atoms with Crippen LogP contribution in [0.15, 0.2) is 18.2 Å². The number of carbonyl (C=O) groups excluding carboxylic acids is 1. The van der Waals surface area contributed by atoms with Gasteiger partial charge in [0.15, 0.2) is 5.13 Å². The Balaban J connectivity index is 1.84. The summed E-state index contributed by atoms with van der Waals surface area (Å²) >= 11 is 1.48. The number of hydrogen-bond acceptors (Lipinski definition) is 7. The summed E-state index contributed by atoms with van der Waals surface area (Å²) in [7, 11) is 0. The Morgan fingerprint density at radius 1 is 1.15 bits per heavy atom. The molecule has 0 atom stereocenters. The van der Waals surface area contributed by atoms with Gasteiger partial charge in [-0.2, -0.15) is 0 Å². The van der Waals surface area contributed by atoms with E-state index >= 15 is 0 Å². The number of hydrogen-bond donors (Lipinski definition) is 3. The normalized spacial score (nSPS) is 10.8. The predicted molar refractivity (Wildman–Crippen MR) is 110 cm³/mol. The van der Waals surface area contributed by atoms with E-state index in [4.69, 9.17) is 15.2 Å². The molecule has 27 heavy (non-hydrogen) atoms. The van der Waals surface area contributed by atoms with Crippen LogP contribution in [0.5, 0.6) is 0 Å². The maximum atomic E-state index is 12.6. The van der Waals surface area contributed by atoms with Gasteiger partial charge >= 0.3 is 0 Å². The van der Waals surface area contributed by atoms with Crippen molar-refractivity contribution in [3.63, 3.8) is 0 Å². The van der Waals surface area contributed by atoms with Gasteiger partial charge in [0.05, 0.1) is 32.1 Å². The number of nitrogens with zero attached hydrogens (tertiary/aromatic N) is 1. The summed E-state index contributed by atoms with van der Waals surface area (Å²) in [5, 5.41) is 6.81. The van der Waals surface area contributed by atoms with Crippen LogP contribution in [-0.2, 0) is 9.47 Å². The smallest absolute Gasteiger partial charge is 0.257 e. The zero-order valence-electron chi connectivity index (χ0n) is 16.1. The second kappa shape index (κ2) is 11.0. The molecule has 2 rings (SSSR count). The Hall–Kier alpha value is -2.00. The molecule has 0 aliphatic rings. The van der Waals surface area contributed by atoms with Crippen molar-refractivity contribution in [1.82, 2.24) is 4.98 Å². The van der Waals surface area contributed by atoms with E-state index in [1.54, 1.807) is 0 Å². The van der Waals surface area contributed by atoms with Crippen LogP contribution in [0.25, 0.3) is 0 Å². The molecular weight excluding hydrogens is 364 g/mol. The Morgan fingerprint density at radius 2 is 1.89 bits per heavy atom. The van der Waals surface area contributed by atoms with Crippen LogP contribution in [0.3, 0.4) is 0 Å². The molecular formula is C19H28N4O3S. The summed E-state index contributed by atoms with van der Waals surface area (Å²) in [5.74, 6) is -0.154. The number of rotatable bonds is 11. The second-order valence-electron chi connectivity index (χ2n) is 6.03. The molecule has 0 radical (unpaired) electrons. The third kappa shape index (κ3) is 6.59. The molecule has 0 aliphatic carbocycles. The first-order valence-electron chi connectivity index (χ1n) is 8.97. The fourth-order valence-electron chi connectivity index (χ4n) is 2.43. The maximum Gasteiger partial charge on any atom is 0.257 e. The summed E-state index contributed by atoms with van der Waals surface area (Å²) in [6.07, 6.45) is 0. The van der Waals surface area contributed by atoms with E-state index in [-0.39, 0.29) is 5.91 Å². The van der Waals surface area contributed by atoms with Crippen molar-refractivity contribution in [3.05, 3.63) is 39.9 Å². The van der Waals surface area contributed by atoms with E-state index in [9.17, 15) is 4.79 Å². The number of nitrogens with one attached hydrogen (secondary N) is 2. The quantitative estimate of drug-likeness (QED) is 0.509. The summed E-state index contributed by atoms with van der Waals surface area (Å²) in [4.78, 5) is 18.1. The van der Waals surface area contributed by atoms with Crippen molar-refractivity contribution in [3.8, 4) is 0 Å². The van der Waals surface area contributed by atoms with Gasteiger partial charge in [0.2, 0.25) is 0 Å². The molecule has 148 valence electrons. The fourth-order valence-corrected chi connectivity index (χ4v) is 3.24. The summed E-state index contributed by atoms with van der Waals surface area (Å²) in [5.41, 5.74) is 8.72. The van der Waals surface area contributed by atoms with E-state index in [1.807, 2.05) is 39.0 Å². The molecule has 0 bridgehead atoms. The molecule has 0 unspecified atom stereocenters. The van der Waals surface area contributed by atoms with E-state index in [0.29, 0.717) is 50.2 Å². The number of anilines is 2. The monoisotopic (exact) mass is 392 g/mol. The Bertz CT molecular complexity index is 729. The molecule has 1 aromatic heterocycles. The molecule has 0 saturated carbocycles. The van der Waals surface area contributed by atoms with Gasteiger partial charge in [0.25, 0.3) is 5.91 Å². The number of carbonyl (C=O) groups is 1. The average Bonchev–Trinajstić information content (AvgIpc) is 2.95. The standard InChI is InChI=1S/C19H28N4O3S/c1-13-16(18(24)23-19-22-14(2)15(3)27-19)5-4-6-17(13)21-8-10-26-12-11-25-9-7-20/h4-6,21H,7-12,20H2,1-3H3,(H,22,23,24). The van der Waals surface area contributed by atoms with Crippen molar-refractivity contribution >= 4 is 28.1 Å². The number of ether oxygens (including phenoxy) is 2. The molecule has 2 aromatic rings. The number of nitrogens with two attached hydrogens (primary N) is 1. The lowest BCUT2D eigenvalue weighted by Gasteiger charge is -2.13. The molecule has 1 amide bonds. The molecule has 0 spiro atoms. The minimum Gasteiger partial charge on any atom is -0.382 e. The van der Waals surface area contributed by atoms with E-state index in [0.717, 1.165) is 21.8 Å². The van der Waals surface area contributed by atoms with Gasteiger partial charge in [-0.1, -0.05) is 6.07 Å². The van der Waals surface area contributed by atoms with Crippen LogP contribution in [0.1, 0.15) is 26.5 Å². The lowest BCUT2D eigenvalue weighted by Crippen LogP contribution is -2.17. The van der Waals surface area contributed by atoms with Crippen molar-refractivity contribution in [2.24, 2.45) is 5.73 Å². The Morgan fingerprint density at radius 3 is 2.56 bits per heavy atom. The van der Waals surface area contributed by atoms with Crippen LogP contribution in [-0.4, -0.2) is 50.4 Å². The van der Waals surface area contributed by atoms with Gasteiger partial charge in [-0.25, -0.2) is 4.98 Å². The lowest BCUT2D eigenvalue weighted by atomic mass is 10.1. The predicted octanol–water partition coefficient (Wildman–Crippen LogP) is 2.72.